The van der Waals surface area contributed by atoms with Gasteiger partial charge in [0.15, 0.2) is 17.7 Å². The molecule has 7 nitrogen and oxygen atoms in total. The first-order chi connectivity index (χ1) is 21.7. The summed E-state index contributed by atoms with van der Waals surface area (Å²) < 4.78 is 42.1. The molecule has 3 aliphatic carbocycles. The number of hydrogen-bond acceptors (Lipinski definition) is 7. The second kappa shape index (κ2) is 12.0. The third-order valence-corrected chi connectivity index (χ3v) is 15.8. The summed E-state index contributed by atoms with van der Waals surface area (Å²) in [4.78, 5) is 13.1. The lowest BCUT2D eigenvalue weighted by atomic mass is 9.85. The topological polar surface area (TPSA) is 72.5 Å². The van der Waals surface area contributed by atoms with Gasteiger partial charge in [-0.1, -0.05) is 101 Å². The van der Waals surface area contributed by atoms with Crippen LogP contribution in [0, 0.1) is 0 Å². The smallest absolute Gasteiger partial charge is 0.330 e. The number of hydrogen-bond donors (Lipinski definition) is 0. The monoisotopic (exact) mass is 632 g/mol. The Kier molecular flexibility index (Phi) is 8.36. The maximum Gasteiger partial charge on any atom is 0.330 e. The van der Waals surface area contributed by atoms with Gasteiger partial charge in [-0.05, 0) is 41.1 Å². The highest BCUT2D eigenvalue weighted by Crippen LogP contribution is 2.53. The van der Waals surface area contributed by atoms with E-state index in [1.807, 2.05) is 12.1 Å². The van der Waals surface area contributed by atoms with Gasteiger partial charge in [-0.2, -0.15) is 0 Å². The Morgan fingerprint density at radius 2 is 1.13 bits per heavy atom. The molecule has 2 spiro atoms. The number of esters is 1. The second-order valence-corrected chi connectivity index (χ2v) is 18.9. The summed E-state index contributed by atoms with van der Waals surface area (Å²) in [5.41, 5.74) is 0. The molecule has 45 heavy (non-hydrogen) atoms. The van der Waals surface area contributed by atoms with E-state index in [9.17, 15) is 4.79 Å². The predicted molar refractivity (Wildman–Crippen MR) is 174 cm³/mol. The normalized spacial score (nSPS) is 32.2. The van der Waals surface area contributed by atoms with Crippen molar-refractivity contribution in [3.63, 3.8) is 0 Å². The fourth-order valence-electron chi connectivity index (χ4n) is 8.70. The van der Waals surface area contributed by atoms with E-state index in [0.29, 0.717) is 0 Å². The van der Waals surface area contributed by atoms with Crippen molar-refractivity contribution in [3.05, 3.63) is 73.3 Å². The lowest BCUT2D eigenvalue weighted by Gasteiger charge is -2.50. The molecule has 3 saturated carbocycles. The van der Waals surface area contributed by atoms with E-state index in [2.05, 4.69) is 75.9 Å². The highest BCUT2D eigenvalue weighted by molar-refractivity contribution is 6.99. The molecule has 2 aromatic carbocycles. The summed E-state index contributed by atoms with van der Waals surface area (Å²) in [5.74, 6) is -1.92. The van der Waals surface area contributed by atoms with Crippen molar-refractivity contribution in [1.82, 2.24) is 0 Å². The van der Waals surface area contributed by atoms with Gasteiger partial charge in [0.2, 0.25) is 0 Å². The number of carbonyl (C=O) groups is 1. The van der Waals surface area contributed by atoms with E-state index in [0.717, 1.165) is 68.2 Å². The van der Waals surface area contributed by atoms with Crippen LogP contribution in [0.15, 0.2) is 73.3 Å². The van der Waals surface area contributed by atoms with Gasteiger partial charge in [0.25, 0.3) is 8.32 Å². The van der Waals surface area contributed by atoms with E-state index in [1.54, 1.807) is 0 Å². The Morgan fingerprint density at radius 3 is 1.56 bits per heavy atom. The largest absolute Gasteiger partial charge is 0.453 e. The van der Waals surface area contributed by atoms with Crippen LogP contribution in [0.5, 0.6) is 0 Å². The zero-order valence-electron chi connectivity index (χ0n) is 27.0. The molecule has 2 saturated heterocycles. The standard InChI is InChI=1S/C37H48O7Si/c1-5-28(38)39-29-30-31(41-36(40-30)22-14-8-15-23-36)32-33(43-37(42-32)24-16-9-17-25-37)34(29)44-45(35(2,3)4,26-18-10-6-11-19-26)27-20-12-7-13-21-27/h5-7,10-13,18-21,29-34H,1,8-9,14-17,22-25H2,2-4H3/t29-,30-,31-,32+,33+,34+/m0/s1. The van der Waals surface area contributed by atoms with Gasteiger partial charge in [-0.15, -0.1) is 0 Å². The predicted octanol–water partition coefficient (Wildman–Crippen LogP) is 5.93. The molecule has 0 amide bonds. The molecule has 6 atom stereocenters. The molecule has 2 heterocycles. The molecule has 0 radical (unpaired) electrons. The summed E-state index contributed by atoms with van der Waals surface area (Å²) in [5, 5.41) is 2.00. The van der Waals surface area contributed by atoms with Gasteiger partial charge in [0.1, 0.15) is 30.5 Å². The maximum absolute atomic E-state index is 13.1. The van der Waals surface area contributed by atoms with Gasteiger partial charge in [-0.25, -0.2) is 4.79 Å². The molecule has 5 aliphatic rings. The number of fused-ring (bicyclic) bond motifs is 3. The summed E-state index contributed by atoms with van der Waals surface area (Å²) in [6.45, 7) is 10.5. The van der Waals surface area contributed by atoms with Crippen molar-refractivity contribution in [1.29, 1.82) is 0 Å². The molecule has 2 aromatic rings. The number of benzene rings is 2. The van der Waals surface area contributed by atoms with Crippen LogP contribution in [0.25, 0.3) is 0 Å². The minimum atomic E-state index is -3.10. The fraction of sp³-hybridized carbons (Fsp3) is 0.595. The number of carbonyl (C=O) groups excluding carboxylic acids is 1. The average molecular weight is 633 g/mol. The molecule has 0 bridgehead atoms. The van der Waals surface area contributed by atoms with Crippen LogP contribution in [0.1, 0.15) is 85.0 Å². The van der Waals surface area contributed by atoms with E-state index in [1.165, 1.54) is 12.5 Å². The van der Waals surface area contributed by atoms with E-state index >= 15 is 0 Å². The molecule has 0 N–H and O–H groups in total. The molecule has 242 valence electrons. The van der Waals surface area contributed by atoms with Crippen molar-refractivity contribution >= 4 is 24.7 Å². The Labute approximate surface area is 268 Å². The van der Waals surface area contributed by atoms with Crippen molar-refractivity contribution in [2.24, 2.45) is 0 Å². The molecule has 0 unspecified atom stereocenters. The van der Waals surface area contributed by atoms with Crippen LogP contribution in [-0.4, -0.2) is 62.5 Å². The Hall–Kier alpha value is -2.33. The summed E-state index contributed by atoms with van der Waals surface area (Å²) in [7, 11) is -3.10. The van der Waals surface area contributed by atoms with E-state index in [-0.39, 0.29) is 5.04 Å². The fourth-order valence-corrected chi connectivity index (χ4v) is 13.4. The Morgan fingerprint density at radius 1 is 0.711 bits per heavy atom. The molecule has 8 heteroatoms. The zero-order chi connectivity index (χ0) is 31.3. The lowest BCUT2D eigenvalue weighted by Crippen LogP contribution is -2.73. The SMILES string of the molecule is C=CC(=O)O[C@H]1[C@@H]2OC3(CCCCC3)O[C@@H]2[C@H]2OC3(CCCCC3)O[C@H]2[C@@H]1O[Si](c1ccccc1)(c1ccccc1)C(C)(C)C. The van der Waals surface area contributed by atoms with Gasteiger partial charge >= 0.3 is 5.97 Å². The minimum absolute atomic E-state index is 0.297. The lowest BCUT2D eigenvalue weighted by molar-refractivity contribution is -0.225. The van der Waals surface area contributed by atoms with Crippen LogP contribution >= 0.6 is 0 Å². The Balaban J connectivity index is 1.39. The van der Waals surface area contributed by atoms with E-state index in [4.69, 9.17) is 28.1 Å². The second-order valence-electron chi connectivity index (χ2n) is 14.6. The first kappa shape index (κ1) is 31.3. The number of rotatable bonds is 6. The van der Waals surface area contributed by atoms with Gasteiger partial charge < -0.3 is 28.1 Å². The molecule has 5 fully saturated rings. The summed E-state index contributed by atoms with van der Waals surface area (Å²) in [6, 6.07) is 21.1. The van der Waals surface area contributed by atoms with Crippen molar-refractivity contribution in [2.75, 3.05) is 0 Å². The minimum Gasteiger partial charge on any atom is -0.453 e. The molecule has 2 aliphatic heterocycles. The first-order valence-electron chi connectivity index (χ1n) is 17.0. The molecular formula is C37H48O7Si. The molecule has 0 aromatic heterocycles. The quantitative estimate of drug-likeness (QED) is 0.222. The highest BCUT2D eigenvalue weighted by atomic mass is 28.4. The van der Waals surface area contributed by atoms with Crippen LogP contribution < -0.4 is 10.4 Å². The molecule has 7 rings (SSSR count). The molecular weight excluding hydrogens is 584 g/mol. The van der Waals surface area contributed by atoms with Crippen molar-refractivity contribution in [3.8, 4) is 0 Å². The van der Waals surface area contributed by atoms with E-state index < -0.39 is 62.5 Å². The maximum atomic E-state index is 13.1. The highest BCUT2D eigenvalue weighted by Gasteiger charge is 2.69. The van der Waals surface area contributed by atoms with Crippen molar-refractivity contribution < 1.29 is 32.9 Å². The van der Waals surface area contributed by atoms with Gasteiger partial charge in [0, 0.05) is 31.8 Å². The van der Waals surface area contributed by atoms with Crippen LogP contribution in [0.3, 0.4) is 0 Å². The van der Waals surface area contributed by atoms with Crippen LogP contribution in [-0.2, 0) is 32.9 Å². The number of ether oxygens (including phenoxy) is 5. The van der Waals surface area contributed by atoms with Gasteiger partial charge in [0.05, 0.1) is 0 Å². The van der Waals surface area contributed by atoms with Crippen molar-refractivity contribution in [2.45, 2.75) is 138 Å². The zero-order valence-corrected chi connectivity index (χ0v) is 28.0. The summed E-state index contributed by atoms with van der Waals surface area (Å²) in [6.07, 6.45) is 7.66. The third-order valence-electron chi connectivity index (χ3n) is 10.7. The first-order valence-corrected chi connectivity index (χ1v) is 18.9. The third kappa shape index (κ3) is 5.45. The van der Waals surface area contributed by atoms with Crippen LogP contribution in [0.2, 0.25) is 5.04 Å². The van der Waals surface area contributed by atoms with Crippen LogP contribution in [0.4, 0.5) is 0 Å². The average Bonchev–Trinajstić information content (AvgIpc) is 3.60. The Bertz CT molecular complexity index is 1310. The van der Waals surface area contributed by atoms with Gasteiger partial charge in [-0.3, -0.25) is 0 Å². The summed E-state index contributed by atoms with van der Waals surface area (Å²) >= 11 is 0.